The molecule has 4 unspecified atom stereocenters. The van der Waals surface area contributed by atoms with Crippen LogP contribution >= 0.6 is 34.8 Å². The minimum atomic E-state index is -2.01. The molecule has 0 bridgehead atoms. The number of rotatable bonds is 45. The van der Waals surface area contributed by atoms with Crippen molar-refractivity contribution in [3.63, 3.8) is 0 Å². The smallest absolute Gasteiger partial charge is 0.338 e. The van der Waals surface area contributed by atoms with E-state index in [4.69, 9.17) is 103 Å². The second-order valence-corrected chi connectivity index (χ2v) is 34.1. The van der Waals surface area contributed by atoms with Gasteiger partial charge in [-0.05, 0) is 205 Å². The van der Waals surface area contributed by atoms with Crippen LogP contribution < -0.4 is 0 Å². The molecule has 0 aliphatic carbocycles. The van der Waals surface area contributed by atoms with Gasteiger partial charge in [-0.3, -0.25) is 29.4 Å². The van der Waals surface area contributed by atoms with Crippen molar-refractivity contribution in [3.8, 4) is 0 Å². The number of esters is 7. The average Bonchev–Trinajstić information content (AvgIpc) is 0.824. The summed E-state index contributed by atoms with van der Waals surface area (Å²) < 4.78 is 56.7. The monoisotopic (exact) mass is 1740 g/mol. The molecule has 22 nitrogen and oxygen atoms in total. The van der Waals surface area contributed by atoms with Crippen LogP contribution in [0.4, 0.5) is 0 Å². The first-order chi connectivity index (χ1) is 55.6. The lowest BCUT2D eigenvalue weighted by molar-refractivity contribution is -0.263. The first-order valence-electron chi connectivity index (χ1n) is 43.1. The predicted molar refractivity (Wildman–Crippen MR) is 479 cm³/mol. The maximum absolute atomic E-state index is 12.5. The molecule has 0 radical (unpaired) electrons. The van der Waals surface area contributed by atoms with Gasteiger partial charge in [-0.25, -0.2) is 9.59 Å². The minimum absolute atomic E-state index is 0. The highest BCUT2D eigenvalue weighted by Gasteiger charge is 2.42. The van der Waals surface area contributed by atoms with E-state index < -0.39 is 46.6 Å². The second kappa shape index (κ2) is 73.6. The molecule has 16 atom stereocenters. The molecule has 688 valence electrons. The number of allylic oxidation sites excluding steroid dienone is 4. The molecule has 0 aromatic heterocycles. The number of benzene rings is 2. The highest BCUT2D eigenvalue weighted by molar-refractivity contribution is 6.76. The maximum Gasteiger partial charge on any atom is 0.338 e. The number of halogens is 3. The van der Waals surface area contributed by atoms with E-state index in [9.17, 15) is 38.7 Å². The van der Waals surface area contributed by atoms with Gasteiger partial charge in [0.1, 0.15) is 0 Å². The van der Waals surface area contributed by atoms with Gasteiger partial charge in [0.05, 0.1) is 87.2 Å². The Morgan fingerprint density at radius 2 is 0.782 bits per heavy atom. The van der Waals surface area contributed by atoms with Gasteiger partial charge in [0.15, 0.2) is 18.5 Å². The molecule has 0 amide bonds. The lowest BCUT2D eigenvalue weighted by Gasteiger charge is -2.39. The van der Waals surface area contributed by atoms with E-state index in [1.165, 1.54) is 0 Å². The van der Waals surface area contributed by atoms with Gasteiger partial charge in [-0.2, -0.15) is 0 Å². The van der Waals surface area contributed by atoms with Crippen LogP contribution in [0.25, 0.3) is 0 Å². The fraction of sp³-hybridized carbons (Fsp3) is 0.723. The Kier molecular flexibility index (Phi) is 73.8. The van der Waals surface area contributed by atoms with Crippen molar-refractivity contribution in [1.29, 1.82) is 5.41 Å². The van der Waals surface area contributed by atoms with Crippen molar-refractivity contribution in [2.75, 3.05) is 33.0 Å². The standard InChI is InChI=1S/C25H38O7.C16H18Cl3NO4.C13H24O2.2C12H24O3.C9H16O2.C6H12.CH4/c1-5-29-23(27)16-21(26)14-10-9-11-18(3)30-25-22(15-17(2)19(4)31-25)32-24(28)20-12-7-6-8-13-20;1-9-8-12(23-13(21)11-6-4-3-5-7-11)14(22-10(9)2)24-15(20)16(17,18)19;1-5-15-13(14)10-12(4)9-7-6-8-11(2)3;2*1-4-15-12(14)9-10(2)7-5-6-8-11(3)13;1-4-6-8(3)7-9(10)11-5-2;1-4-5-6(2)3;/h6-8,12-13,17-19,21-22,25-26H,5,9-11,14-16H2,1-4H3;3-7,9-10,12,14,20H,8H2,1-2H3;6-7,11-12H,5,8-10H2,1-4H3;2*10-11,13H,4-9H2,1-3H3;4,8H,1,5-7H2,2-3H3;4,6H,1,5H2,2-3H3;1H4/b;;7-6+;;;;;/t17-,18-,19?,21-,22?,25-;9-,10?,12?,14+;12-;2*10-,11-;8-;;/m111111../s1. The van der Waals surface area contributed by atoms with Gasteiger partial charge < -0.3 is 67.4 Å². The van der Waals surface area contributed by atoms with E-state index >= 15 is 0 Å². The summed E-state index contributed by atoms with van der Waals surface area (Å²) in [6, 6.07) is 17.5. The molecule has 0 saturated carbocycles. The molecule has 2 saturated heterocycles. The number of hydrogen-bond donors (Lipinski definition) is 4. The third-order valence-electron chi connectivity index (χ3n) is 18.6. The SMILES string of the molecule is C.C=CCC(C)C.C=CC[C@@H](C)CC(=O)OCC.CC1O[C@@H](OC(=N)C(Cl)(Cl)Cl)C(OC(=O)c2ccccc2)C[C@H]1C.CCOC(=O)C[C@H](C)C/C=C/CC(C)C.CCOC(=O)C[C@H](C)CCCC[C@@H](C)O.CCOC(=O)C[C@H](C)CCCC[C@@H](C)O.CCOC(=O)C[C@H](O)CCCC[C@@H](C)O[C@@H]1OC(C)[C@H](C)CC1OC(=O)c1ccccc1. The van der Waals surface area contributed by atoms with Gasteiger partial charge >= 0.3 is 41.8 Å². The number of unbranched alkanes of at least 4 members (excludes halogenated alkanes) is 3. The topological polar surface area (TPSA) is 306 Å². The second-order valence-electron chi connectivity index (χ2n) is 31.8. The maximum atomic E-state index is 12.5. The van der Waals surface area contributed by atoms with Crippen LogP contribution in [0.15, 0.2) is 98.1 Å². The lowest BCUT2D eigenvalue weighted by Crippen LogP contribution is -2.47. The van der Waals surface area contributed by atoms with Crippen LogP contribution in [0.3, 0.4) is 0 Å². The molecule has 2 heterocycles. The van der Waals surface area contributed by atoms with Gasteiger partial charge in [0.2, 0.25) is 12.2 Å². The average molecular weight is 1750 g/mol. The molecule has 2 aliphatic rings. The Morgan fingerprint density at radius 3 is 1.13 bits per heavy atom. The zero-order chi connectivity index (χ0) is 90.1. The summed E-state index contributed by atoms with van der Waals surface area (Å²) in [6.45, 7) is 49.0. The summed E-state index contributed by atoms with van der Waals surface area (Å²) in [5, 5.41) is 35.7. The summed E-state index contributed by atoms with van der Waals surface area (Å²) in [5.74, 6) is 1.17. The summed E-state index contributed by atoms with van der Waals surface area (Å²) in [5.41, 5.74) is 0.922. The predicted octanol–water partition coefficient (Wildman–Crippen LogP) is 22.2. The van der Waals surface area contributed by atoms with Gasteiger partial charge in [-0.15, -0.1) is 13.2 Å². The van der Waals surface area contributed by atoms with Gasteiger partial charge in [-0.1, -0.05) is 224 Å². The van der Waals surface area contributed by atoms with Crippen molar-refractivity contribution in [1.82, 2.24) is 0 Å². The summed E-state index contributed by atoms with van der Waals surface area (Å²) in [4.78, 5) is 80.5. The highest BCUT2D eigenvalue weighted by Crippen LogP contribution is 2.34. The first-order valence-corrected chi connectivity index (χ1v) is 44.3. The Morgan fingerprint density at radius 1 is 0.454 bits per heavy atom. The number of nitrogens with one attached hydrogen (secondary N) is 1. The Balaban J connectivity index is -0.000000680. The van der Waals surface area contributed by atoms with E-state index in [0.29, 0.717) is 119 Å². The lowest BCUT2D eigenvalue weighted by atomic mass is 9.95. The van der Waals surface area contributed by atoms with Crippen molar-refractivity contribution in [2.45, 2.75) is 359 Å². The summed E-state index contributed by atoms with van der Waals surface area (Å²) in [7, 11) is 0. The van der Waals surface area contributed by atoms with Crippen LogP contribution in [-0.2, 0) is 76.1 Å². The molecular formula is C94H160Cl3NO21. The molecule has 2 aromatic rings. The Labute approximate surface area is 733 Å². The Hall–Kier alpha value is -5.95. The van der Waals surface area contributed by atoms with E-state index in [1.54, 1.807) is 61.5 Å². The normalized spacial score (nSPS) is 19.2. The highest BCUT2D eigenvalue weighted by atomic mass is 35.6. The number of carbonyl (C=O) groups excluding carboxylic acids is 7. The minimum Gasteiger partial charge on any atom is -0.466 e. The molecule has 2 fully saturated rings. The number of alkyl halides is 3. The fourth-order valence-corrected chi connectivity index (χ4v) is 11.7. The van der Waals surface area contributed by atoms with Crippen molar-refractivity contribution in [3.05, 3.63) is 109 Å². The quantitative estimate of drug-likeness (QED) is 0.00910. The molecule has 4 rings (SSSR count). The molecule has 2 aromatic carbocycles. The van der Waals surface area contributed by atoms with Gasteiger partial charge in [0.25, 0.3) is 3.79 Å². The largest absolute Gasteiger partial charge is 0.466 e. The van der Waals surface area contributed by atoms with Crippen molar-refractivity contribution < 1.29 is 101 Å². The zero-order valence-corrected chi connectivity index (χ0v) is 77.8. The number of aliphatic hydroxyl groups excluding tert-OH is 3. The third-order valence-corrected chi connectivity index (χ3v) is 19.1. The number of aliphatic hydroxyl groups is 3. The summed E-state index contributed by atoms with van der Waals surface area (Å²) >= 11 is 16.9. The zero-order valence-electron chi connectivity index (χ0n) is 75.5. The van der Waals surface area contributed by atoms with Gasteiger partial charge in [0, 0.05) is 25.7 Å². The van der Waals surface area contributed by atoms with Crippen LogP contribution in [-0.4, -0.2) is 161 Å². The van der Waals surface area contributed by atoms with E-state index in [1.807, 2.05) is 94.4 Å². The number of ether oxygens (including phenoxy) is 11. The number of hydrogen-bond acceptors (Lipinski definition) is 22. The molecule has 25 heteroatoms. The van der Waals surface area contributed by atoms with Crippen LogP contribution in [0.2, 0.25) is 0 Å². The number of carbonyl (C=O) groups is 7. The van der Waals surface area contributed by atoms with E-state index in [-0.39, 0.29) is 92.0 Å². The molecular weight excluding hydrogens is 1590 g/mol. The third kappa shape index (κ3) is 68.2. The van der Waals surface area contributed by atoms with E-state index in [2.05, 4.69) is 80.7 Å². The van der Waals surface area contributed by atoms with Crippen LogP contribution in [0, 0.1) is 52.8 Å². The molecule has 119 heavy (non-hydrogen) atoms. The molecule has 2 aliphatic heterocycles. The fourth-order valence-electron chi connectivity index (χ4n) is 11.6. The van der Waals surface area contributed by atoms with E-state index in [0.717, 1.165) is 102 Å². The Bertz CT molecular complexity index is 2930. The van der Waals surface area contributed by atoms with Crippen LogP contribution in [0.5, 0.6) is 0 Å². The van der Waals surface area contributed by atoms with Crippen LogP contribution in [0.1, 0.15) is 314 Å². The van der Waals surface area contributed by atoms with Crippen molar-refractivity contribution >= 4 is 82.5 Å². The molecule has 0 spiro atoms. The van der Waals surface area contributed by atoms with Crippen molar-refractivity contribution in [2.24, 2.45) is 47.3 Å². The first kappa shape index (κ1) is 119. The summed E-state index contributed by atoms with van der Waals surface area (Å²) in [6.07, 6.45) is 22.3. The molecule has 4 N–H and O–H groups in total.